The van der Waals surface area contributed by atoms with Crippen molar-refractivity contribution in [3.05, 3.63) is 69.0 Å². The van der Waals surface area contributed by atoms with Crippen molar-refractivity contribution in [3.8, 4) is 0 Å². The standard InChI is InChI=1S/C17H14BrNOS/c1-11-2-4-12(5-3-11)9-21-10-15-14-8-13(18)6-7-16(14)19-17(15)20/h2-8,10H,9H2,1H3,(H,19,20). The van der Waals surface area contributed by atoms with E-state index in [2.05, 4.69) is 52.4 Å². The van der Waals surface area contributed by atoms with Crippen molar-refractivity contribution in [1.82, 2.24) is 0 Å². The van der Waals surface area contributed by atoms with E-state index in [0.29, 0.717) is 0 Å². The van der Waals surface area contributed by atoms with Crippen molar-refractivity contribution in [1.29, 1.82) is 0 Å². The van der Waals surface area contributed by atoms with Crippen LogP contribution in [0, 0.1) is 6.92 Å². The molecule has 0 bridgehead atoms. The predicted molar refractivity (Wildman–Crippen MR) is 93.2 cm³/mol. The van der Waals surface area contributed by atoms with Crippen LogP contribution in [-0.2, 0) is 10.5 Å². The molecule has 106 valence electrons. The van der Waals surface area contributed by atoms with Gasteiger partial charge in [-0.1, -0.05) is 45.8 Å². The molecule has 1 amide bonds. The topological polar surface area (TPSA) is 29.1 Å². The SMILES string of the molecule is Cc1ccc(CSC=C2C(=O)Nc3ccc(Br)cc32)cc1. The van der Waals surface area contributed by atoms with Crippen LogP contribution in [0.1, 0.15) is 16.7 Å². The first-order valence-corrected chi connectivity index (χ1v) is 8.46. The first-order valence-electron chi connectivity index (χ1n) is 6.62. The highest BCUT2D eigenvalue weighted by Crippen LogP contribution is 2.35. The fourth-order valence-electron chi connectivity index (χ4n) is 2.18. The molecule has 1 aliphatic rings. The maximum absolute atomic E-state index is 12.0. The third kappa shape index (κ3) is 3.22. The number of anilines is 1. The summed E-state index contributed by atoms with van der Waals surface area (Å²) in [5, 5.41) is 4.84. The minimum absolute atomic E-state index is 0.0282. The van der Waals surface area contributed by atoms with Gasteiger partial charge in [-0.3, -0.25) is 4.79 Å². The molecule has 2 nitrogen and oxygen atoms in total. The smallest absolute Gasteiger partial charge is 0.256 e. The lowest BCUT2D eigenvalue weighted by atomic mass is 10.1. The molecule has 0 aromatic heterocycles. The maximum atomic E-state index is 12.0. The molecule has 0 spiro atoms. The van der Waals surface area contributed by atoms with Gasteiger partial charge in [0.1, 0.15) is 0 Å². The monoisotopic (exact) mass is 359 g/mol. The molecule has 4 heteroatoms. The van der Waals surface area contributed by atoms with Crippen LogP contribution in [0.5, 0.6) is 0 Å². The third-order valence-electron chi connectivity index (χ3n) is 3.34. The number of carbonyl (C=O) groups is 1. The first kappa shape index (κ1) is 14.4. The van der Waals surface area contributed by atoms with E-state index in [9.17, 15) is 4.79 Å². The Morgan fingerprint density at radius 1 is 1.19 bits per heavy atom. The summed E-state index contributed by atoms with van der Waals surface area (Å²) in [6.07, 6.45) is 0. The molecule has 0 saturated carbocycles. The van der Waals surface area contributed by atoms with Crippen LogP contribution in [0.3, 0.4) is 0 Å². The zero-order valence-corrected chi connectivity index (χ0v) is 13.9. The van der Waals surface area contributed by atoms with E-state index < -0.39 is 0 Å². The minimum atomic E-state index is -0.0282. The second kappa shape index (κ2) is 6.08. The highest BCUT2D eigenvalue weighted by Gasteiger charge is 2.23. The lowest BCUT2D eigenvalue weighted by molar-refractivity contribution is -0.110. The van der Waals surface area contributed by atoms with Crippen LogP contribution in [0.25, 0.3) is 5.57 Å². The Labute approximate surface area is 136 Å². The van der Waals surface area contributed by atoms with E-state index in [1.54, 1.807) is 11.8 Å². The maximum Gasteiger partial charge on any atom is 0.256 e. The highest BCUT2D eigenvalue weighted by atomic mass is 79.9. The summed E-state index contributed by atoms with van der Waals surface area (Å²) in [4.78, 5) is 12.0. The van der Waals surface area contributed by atoms with Crippen LogP contribution in [0.15, 0.2) is 52.3 Å². The van der Waals surface area contributed by atoms with E-state index >= 15 is 0 Å². The van der Waals surface area contributed by atoms with Crippen molar-refractivity contribution in [2.24, 2.45) is 0 Å². The summed E-state index contributed by atoms with van der Waals surface area (Å²) in [5.74, 6) is 0.833. The number of amides is 1. The van der Waals surface area contributed by atoms with Crippen molar-refractivity contribution in [2.45, 2.75) is 12.7 Å². The number of thioether (sulfide) groups is 1. The summed E-state index contributed by atoms with van der Waals surface area (Å²) in [5.41, 5.74) is 5.10. The molecule has 0 atom stereocenters. The number of fused-ring (bicyclic) bond motifs is 1. The first-order chi connectivity index (χ1) is 10.1. The molecule has 0 fully saturated rings. The second-order valence-corrected chi connectivity index (χ2v) is 6.75. The number of benzene rings is 2. The molecule has 21 heavy (non-hydrogen) atoms. The number of rotatable bonds is 3. The Balaban J connectivity index is 1.76. The van der Waals surface area contributed by atoms with Crippen LogP contribution in [0.2, 0.25) is 0 Å². The highest BCUT2D eigenvalue weighted by molar-refractivity contribution is 9.10. The summed E-state index contributed by atoms with van der Waals surface area (Å²) < 4.78 is 0.979. The Morgan fingerprint density at radius 3 is 2.71 bits per heavy atom. The normalized spacial score (nSPS) is 15.1. The predicted octanol–water partition coefficient (Wildman–Crippen LogP) is 4.98. The van der Waals surface area contributed by atoms with E-state index in [0.717, 1.165) is 27.0 Å². The fraction of sp³-hybridized carbons (Fsp3) is 0.118. The van der Waals surface area contributed by atoms with Gasteiger partial charge in [0.25, 0.3) is 5.91 Å². The van der Waals surface area contributed by atoms with Gasteiger partial charge in [-0.15, -0.1) is 11.8 Å². The number of hydrogen-bond donors (Lipinski definition) is 1. The summed E-state index contributed by atoms with van der Waals surface area (Å²) in [7, 11) is 0. The largest absolute Gasteiger partial charge is 0.321 e. The third-order valence-corrected chi connectivity index (χ3v) is 4.73. The molecular formula is C17H14BrNOS. The average molecular weight is 360 g/mol. The van der Waals surface area contributed by atoms with Crippen LogP contribution >= 0.6 is 27.7 Å². The molecule has 0 unspecified atom stereocenters. The summed E-state index contributed by atoms with van der Waals surface area (Å²) >= 11 is 5.10. The Hall–Kier alpha value is -1.52. The van der Waals surface area contributed by atoms with Gasteiger partial charge >= 0.3 is 0 Å². The number of nitrogens with one attached hydrogen (secondary N) is 1. The van der Waals surface area contributed by atoms with Gasteiger partial charge in [0, 0.05) is 21.5 Å². The van der Waals surface area contributed by atoms with Gasteiger partial charge in [-0.05, 0) is 36.1 Å². The molecule has 0 saturated heterocycles. The lowest BCUT2D eigenvalue weighted by Gasteiger charge is -2.01. The number of carbonyl (C=O) groups excluding carboxylic acids is 1. The molecule has 1 heterocycles. The van der Waals surface area contributed by atoms with Gasteiger partial charge < -0.3 is 5.32 Å². The quantitative estimate of drug-likeness (QED) is 0.782. The van der Waals surface area contributed by atoms with E-state index in [1.807, 2.05) is 23.6 Å². The van der Waals surface area contributed by atoms with Gasteiger partial charge in [0.2, 0.25) is 0 Å². The van der Waals surface area contributed by atoms with Crippen molar-refractivity contribution in [3.63, 3.8) is 0 Å². The molecule has 1 aliphatic heterocycles. The van der Waals surface area contributed by atoms with E-state index in [-0.39, 0.29) is 5.91 Å². The Morgan fingerprint density at radius 2 is 1.95 bits per heavy atom. The molecule has 0 radical (unpaired) electrons. The number of halogens is 1. The number of aryl methyl sites for hydroxylation is 1. The average Bonchev–Trinajstić information content (AvgIpc) is 2.77. The molecule has 1 N–H and O–H groups in total. The zero-order chi connectivity index (χ0) is 14.8. The molecule has 2 aromatic carbocycles. The van der Waals surface area contributed by atoms with Gasteiger partial charge in [-0.25, -0.2) is 0 Å². The van der Waals surface area contributed by atoms with Gasteiger partial charge in [-0.2, -0.15) is 0 Å². The van der Waals surface area contributed by atoms with E-state index in [1.165, 1.54) is 11.1 Å². The Bertz CT molecular complexity index is 722. The zero-order valence-electron chi connectivity index (χ0n) is 11.5. The van der Waals surface area contributed by atoms with Crippen molar-refractivity contribution >= 4 is 44.9 Å². The van der Waals surface area contributed by atoms with Gasteiger partial charge in [0.05, 0.1) is 5.57 Å². The lowest BCUT2D eigenvalue weighted by Crippen LogP contribution is -2.03. The fourth-order valence-corrected chi connectivity index (χ4v) is 3.41. The molecule has 3 rings (SSSR count). The Kier molecular flexibility index (Phi) is 4.17. The van der Waals surface area contributed by atoms with Gasteiger partial charge in [0.15, 0.2) is 0 Å². The second-order valence-electron chi connectivity index (χ2n) is 4.97. The molecule has 0 aliphatic carbocycles. The minimum Gasteiger partial charge on any atom is -0.321 e. The van der Waals surface area contributed by atoms with Crippen molar-refractivity contribution in [2.75, 3.05) is 5.32 Å². The summed E-state index contributed by atoms with van der Waals surface area (Å²) in [6, 6.07) is 14.3. The molecule has 2 aromatic rings. The van der Waals surface area contributed by atoms with Crippen molar-refractivity contribution < 1.29 is 4.79 Å². The van der Waals surface area contributed by atoms with E-state index in [4.69, 9.17) is 0 Å². The number of hydrogen-bond acceptors (Lipinski definition) is 2. The van der Waals surface area contributed by atoms with Crippen LogP contribution < -0.4 is 5.32 Å². The summed E-state index contributed by atoms with van der Waals surface area (Å²) in [6.45, 7) is 2.08. The molecular weight excluding hydrogens is 346 g/mol. The van der Waals surface area contributed by atoms with Crippen LogP contribution in [-0.4, -0.2) is 5.91 Å². The van der Waals surface area contributed by atoms with Crippen LogP contribution in [0.4, 0.5) is 5.69 Å².